The van der Waals surface area contributed by atoms with E-state index >= 15 is 4.39 Å². The van der Waals surface area contributed by atoms with Crippen LogP contribution >= 0.6 is 11.6 Å². The van der Waals surface area contributed by atoms with Gasteiger partial charge in [0, 0.05) is 67.6 Å². The van der Waals surface area contributed by atoms with Gasteiger partial charge in [0.2, 0.25) is 5.91 Å². The van der Waals surface area contributed by atoms with Gasteiger partial charge in [-0.3, -0.25) is 9.59 Å². The number of halogens is 2. The number of aromatic nitrogens is 1. The summed E-state index contributed by atoms with van der Waals surface area (Å²) in [5.41, 5.74) is 6.48. The van der Waals surface area contributed by atoms with Crippen LogP contribution in [-0.4, -0.2) is 48.9 Å². The average Bonchev–Trinajstić information content (AvgIpc) is 3.01. The number of piperidine rings is 1. The molecule has 0 saturated carbocycles. The van der Waals surface area contributed by atoms with Crippen LogP contribution in [0.4, 0.5) is 15.9 Å². The van der Waals surface area contributed by atoms with Gasteiger partial charge in [0.1, 0.15) is 11.6 Å². The number of benzene rings is 1. The maximum atomic E-state index is 15.4. The lowest BCUT2D eigenvalue weighted by atomic mass is 9.74. The molecule has 0 unspecified atom stereocenters. The Kier molecular flexibility index (Phi) is 4.61. The summed E-state index contributed by atoms with van der Waals surface area (Å²) in [5.74, 6) is -0.721. The minimum atomic E-state index is -0.742. The van der Waals surface area contributed by atoms with Gasteiger partial charge >= 0.3 is 0 Å². The normalized spacial score (nSPS) is 20.2. The van der Waals surface area contributed by atoms with E-state index in [1.165, 1.54) is 37.3 Å². The minimum absolute atomic E-state index is 0.0510. The molecule has 2 amide bonds. The van der Waals surface area contributed by atoms with Gasteiger partial charge in [-0.1, -0.05) is 11.6 Å². The topological polar surface area (TPSA) is 100 Å². The number of amides is 2. The molecule has 4 rings (SSSR count). The number of nitrogen functional groups attached to an aromatic ring is 1. The van der Waals surface area contributed by atoms with E-state index in [0.29, 0.717) is 35.9 Å². The molecule has 0 aliphatic carbocycles. The van der Waals surface area contributed by atoms with Crippen molar-refractivity contribution < 1.29 is 14.0 Å². The van der Waals surface area contributed by atoms with Crippen molar-refractivity contribution in [1.82, 2.24) is 15.2 Å². The summed E-state index contributed by atoms with van der Waals surface area (Å²) >= 11 is 6.76. The van der Waals surface area contributed by atoms with Gasteiger partial charge < -0.3 is 21.3 Å². The fourth-order valence-corrected chi connectivity index (χ4v) is 4.58. The maximum absolute atomic E-state index is 15.4. The molecule has 1 atom stereocenters. The summed E-state index contributed by atoms with van der Waals surface area (Å²) in [5, 5.41) is 6.38. The van der Waals surface area contributed by atoms with Gasteiger partial charge in [-0.25, -0.2) is 9.37 Å². The summed E-state index contributed by atoms with van der Waals surface area (Å²) in [6, 6.07) is 2.98. The highest BCUT2D eigenvalue weighted by Gasteiger charge is 2.45. The smallest absolute Gasteiger partial charge is 0.258 e. The fourth-order valence-electron chi connectivity index (χ4n) is 4.14. The standard InChI is InChI=1S/C20H21ClFN5O2/c1-27(2)19(29)14-12(23)4-3-10(17(14)22)11-8-25-18-15(16(11)21)20(9-26-18)5-6-24-13(28)7-20/h3-4,8H,5-7,9,23H2,1-2H3,(H,24,28)(H,25,26)/t20-/m0/s1. The molecule has 1 aromatic carbocycles. The van der Waals surface area contributed by atoms with E-state index in [0.717, 1.165) is 5.56 Å². The van der Waals surface area contributed by atoms with Crippen LogP contribution in [0.3, 0.4) is 0 Å². The second-order valence-corrected chi connectivity index (χ2v) is 8.09. The highest BCUT2D eigenvalue weighted by molar-refractivity contribution is 6.34. The summed E-state index contributed by atoms with van der Waals surface area (Å²) in [4.78, 5) is 30.2. The number of nitrogens with one attached hydrogen (secondary N) is 2. The Morgan fingerprint density at radius 2 is 2.07 bits per heavy atom. The van der Waals surface area contributed by atoms with Crippen LogP contribution in [0.15, 0.2) is 18.3 Å². The average molecular weight is 418 g/mol. The Bertz CT molecular complexity index is 1040. The van der Waals surface area contributed by atoms with E-state index in [2.05, 4.69) is 15.6 Å². The molecule has 7 nitrogen and oxygen atoms in total. The molecular weight excluding hydrogens is 397 g/mol. The van der Waals surface area contributed by atoms with Crippen molar-refractivity contribution in [3.8, 4) is 11.1 Å². The van der Waals surface area contributed by atoms with Crippen LogP contribution in [0.2, 0.25) is 5.02 Å². The molecule has 9 heteroatoms. The lowest BCUT2D eigenvalue weighted by Gasteiger charge is -2.33. The van der Waals surface area contributed by atoms with Gasteiger partial charge in [-0.05, 0) is 18.6 Å². The maximum Gasteiger partial charge on any atom is 0.258 e. The number of nitrogens with zero attached hydrogens (tertiary/aromatic N) is 2. The monoisotopic (exact) mass is 417 g/mol. The second kappa shape index (κ2) is 6.88. The first-order valence-electron chi connectivity index (χ1n) is 9.25. The van der Waals surface area contributed by atoms with Gasteiger partial charge in [0.25, 0.3) is 5.91 Å². The zero-order valence-electron chi connectivity index (χ0n) is 16.1. The van der Waals surface area contributed by atoms with E-state index in [4.69, 9.17) is 17.3 Å². The van der Waals surface area contributed by atoms with Crippen LogP contribution in [0.5, 0.6) is 0 Å². The molecule has 2 aliphatic heterocycles. The largest absolute Gasteiger partial charge is 0.398 e. The van der Waals surface area contributed by atoms with Crippen molar-refractivity contribution in [2.75, 3.05) is 38.2 Å². The van der Waals surface area contributed by atoms with E-state index in [1.807, 2.05) is 0 Å². The lowest BCUT2D eigenvalue weighted by molar-refractivity contribution is -0.123. The molecule has 1 fully saturated rings. The predicted molar refractivity (Wildman–Crippen MR) is 109 cm³/mol. The third-order valence-corrected chi connectivity index (χ3v) is 6.04. The molecule has 1 spiro atoms. The van der Waals surface area contributed by atoms with Crippen LogP contribution in [0.1, 0.15) is 28.8 Å². The molecule has 4 N–H and O–H groups in total. The minimum Gasteiger partial charge on any atom is -0.398 e. The van der Waals surface area contributed by atoms with Crippen LogP contribution < -0.4 is 16.4 Å². The molecule has 1 aromatic heterocycles. The number of rotatable bonds is 2. The van der Waals surface area contributed by atoms with Crippen molar-refractivity contribution in [3.05, 3.63) is 40.3 Å². The SMILES string of the molecule is CN(C)C(=O)c1c(N)ccc(-c2cnc3c(c2Cl)[C@]2(CCNC(=O)C2)CN3)c1F. The number of fused-ring (bicyclic) bond motifs is 2. The first kappa shape index (κ1) is 19.4. The van der Waals surface area contributed by atoms with Crippen LogP contribution in [0.25, 0.3) is 11.1 Å². The Morgan fingerprint density at radius 3 is 2.76 bits per heavy atom. The molecular formula is C20H21ClFN5O2. The Morgan fingerprint density at radius 1 is 1.31 bits per heavy atom. The van der Waals surface area contributed by atoms with E-state index < -0.39 is 17.1 Å². The van der Waals surface area contributed by atoms with Crippen molar-refractivity contribution in [2.45, 2.75) is 18.3 Å². The van der Waals surface area contributed by atoms with E-state index in [9.17, 15) is 9.59 Å². The third-order valence-electron chi connectivity index (χ3n) is 5.65. The summed E-state index contributed by atoms with van der Waals surface area (Å²) in [6.07, 6.45) is 2.47. The zero-order valence-corrected chi connectivity index (χ0v) is 16.9. The molecule has 0 radical (unpaired) electrons. The fraction of sp³-hybridized carbons (Fsp3) is 0.350. The molecule has 0 bridgehead atoms. The molecule has 152 valence electrons. The Balaban J connectivity index is 1.88. The molecule has 1 saturated heterocycles. The number of nitrogens with two attached hydrogens (primary N) is 1. The first-order valence-corrected chi connectivity index (χ1v) is 9.62. The molecule has 2 aliphatic rings. The first-order chi connectivity index (χ1) is 13.7. The number of pyridine rings is 1. The van der Waals surface area contributed by atoms with Gasteiger partial charge in [0.15, 0.2) is 0 Å². The summed E-state index contributed by atoms with van der Waals surface area (Å²) in [6.45, 7) is 1.08. The highest BCUT2D eigenvalue weighted by atomic mass is 35.5. The number of carbonyl (C=O) groups is 2. The summed E-state index contributed by atoms with van der Waals surface area (Å²) in [7, 11) is 3.06. The van der Waals surface area contributed by atoms with Gasteiger partial charge in [-0.15, -0.1) is 0 Å². The van der Waals surface area contributed by atoms with Gasteiger partial charge in [-0.2, -0.15) is 0 Å². The number of hydrogen-bond donors (Lipinski definition) is 3. The molecule has 29 heavy (non-hydrogen) atoms. The molecule has 3 heterocycles. The van der Waals surface area contributed by atoms with E-state index in [-0.39, 0.29) is 29.1 Å². The molecule has 2 aromatic rings. The number of carbonyl (C=O) groups excluding carboxylic acids is 2. The van der Waals surface area contributed by atoms with Crippen LogP contribution in [-0.2, 0) is 10.2 Å². The van der Waals surface area contributed by atoms with Gasteiger partial charge in [0.05, 0.1) is 10.6 Å². The van der Waals surface area contributed by atoms with Crippen molar-refractivity contribution in [3.63, 3.8) is 0 Å². The number of anilines is 2. The zero-order chi connectivity index (χ0) is 20.9. The lowest BCUT2D eigenvalue weighted by Crippen LogP contribution is -2.44. The predicted octanol–water partition coefficient (Wildman–Crippen LogP) is 2.40. The Labute approximate surface area is 172 Å². The third kappa shape index (κ3) is 2.98. The van der Waals surface area contributed by atoms with Crippen molar-refractivity contribution >= 4 is 34.9 Å². The summed E-state index contributed by atoms with van der Waals surface area (Å²) < 4.78 is 15.4. The highest BCUT2D eigenvalue weighted by Crippen LogP contribution is 2.48. The second-order valence-electron chi connectivity index (χ2n) is 7.71. The Hall–Kier alpha value is -2.87. The number of hydrogen-bond acceptors (Lipinski definition) is 5. The van der Waals surface area contributed by atoms with Crippen molar-refractivity contribution in [2.24, 2.45) is 0 Å². The quantitative estimate of drug-likeness (QED) is 0.651. The van der Waals surface area contributed by atoms with E-state index in [1.54, 1.807) is 0 Å². The van der Waals surface area contributed by atoms with Crippen LogP contribution in [0, 0.1) is 5.82 Å². The van der Waals surface area contributed by atoms with Crippen molar-refractivity contribution in [1.29, 1.82) is 0 Å².